The minimum Gasteiger partial charge on any atom is -0.386 e. The van der Waals surface area contributed by atoms with Gasteiger partial charge in [0.2, 0.25) is 0 Å². The molecular formula is C17H15ClN2O2. The van der Waals surface area contributed by atoms with Crippen LogP contribution in [-0.2, 0) is 6.54 Å². The number of halogens is 1. The van der Waals surface area contributed by atoms with E-state index in [-0.39, 0.29) is 12.1 Å². The lowest BCUT2D eigenvalue weighted by Crippen LogP contribution is -2.27. The number of hydrogen-bond donors (Lipinski definition) is 1. The summed E-state index contributed by atoms with van der Waals surface area (Å²) in [5.41, 5.74) is 1.12. The van der Waals surface area contributed by atoms with Crippen LogP contribution < -0.4 is 5.56 Å². The fraction of sp³-hybridized carbons (Fsp3) is 0.176. The van der Waals surface area contributed by atoms with Crippen molar-refractivity contribution in [1.82, 2.24) is 9.78 Å². The molecule has 0 fully saturated rings. The highest BCUT2D eigenvalue weighted by molar-refractivity contribution is 6.31. The molecule has 0 spiro atoms. The molecule has 5 heteroatoms. The van der Waals surface area contributed by atoms with Crippen LogP contribution in [0.3, 0.4) is 0 Å². The van der Waals surface area contributed by atoms with E-state index in [1.165, 1.54) is 4.68 Å². The summed E-state index contributed by atoms with van der Waals surface area (Å²) >= 11 is 6.08. The number of aliphatic hydroxyl groups excluding tert-OH is 1. The Morgan fingerprint density at radius 1 is 1.14 bits per heavy atom. The molecular weight excluding hydrogens is 300 g/mol. The normalized spacial score (nSPS) is 12.5. The van der Waals surface area contributed by atoms with E-state index in [2.05, 4.69) is 5.10 Å². The quantitative estimate of drug-likeness (QED) is 0.808. The third-order valence-corrected chi connectivity index (χ3v) is 4.01. The van der Waals surface area contributed by atoms with Crippen molar-refractivity contribution in [1.29, 1.82) is 0 Å². The lowest BCUT2D eigenvalue weighted by Gasteiger charge is -2.15. The fourth-order valence-electron chi connectivity index (χ4n) is 2.54. The highest BCUT2D eigenvalue weighted by Crippen LogP contribution is 2.23. The molecule has 0 aliphatic carbocycles. The molecule has 112 valence electrons. The number of fused-ring (bicyclic) bond motifs is 1. The number of aliphatic hydroxyl groups is 1. The van der Waals surface area contributed by atoms with Crippen molar-refractivity contribution in [2.24, 2.45) is 0 Å². The van der Waals surface area contributed by atoms with Gasteiger partial charge in [-0.1, -0.05) is 48.0 Å². The third kappa shape index (κ3) is 2.63. The van der Waals surface area contributed by atoms with Gasteiger partial charge in [0.25, 0.3) is 5.56 Å². The number of hydrogen-bond acceptors (Lipinski definition) is 3. The van der Waals surface area contributed by atoms with Crippen molar-refractivity contribution in [3.05, 3.63) is 75.2 Å². The molecule has 1 atom stereocenters. The van der Waals surface area contributed by atoms with Crippen molar-refractivity contribution >= 4 is 22.4 Å². The van der Waals surface area contributed by atoms with E-state index in [9.17, 15) is 9.90 Å². The minimum atomic E-state index is -0.889. The maximum absolute atomic E-state index is 12.5. The smallest absolute Gasteiger partial charge is 0.274 e. The first-order valence-corrected chi connectivity index (χ1v) is 7.34. The summed E-state index contributed by atoms with van der Waals surface area (Å²) in [7, 11) is 0. The number of aryl methyl sites for hydroxylation is 1. The molecule has 4 nitrogen and oxygen atoms in total. The molecule has 1 N–H and O–H groups in total. The molecule has 3 aromatic rings. The highest BCUT2D eigenvalue weighted by Gasteiger charge is 2.15. The third-order valence-electron chi connectivity index (χ3n) is 3.66. The first-order chi connectivity index (χ1) is 10.6. The van der Waals surface area contributed by atoms with Gasteiger partial charge in [-0.15, -0.1) is 0 Å². The van der Waals surface area contributed by atoms with E-state index in [0.717, 1.165) is 11.1 Å². The SMILES string of the molecule is Cc1nn(CC(O)c2ccccc2Cl)c(=O)c2ccccc12. The number of benzene rings is 2. The maximum Gasteiger partial charge on any atom is 0.274 e. The van der Waals surface area contributed by atoms with Gasteiger partial charge in [-0.05, 0) is 19.1 Å². The van der Waals surface area contributed by atoms with Crippen LogP contribution in [0.2, 0.25) is 5.02 Å². The zero-order valence-corrected chi connectivity index (χ0v) is 12.8. The first-order valence-electron chi connectivity index (χ1n) is 6.97. The molecule has 0 aliphatic rings. The van der Waals surface area contributed by atoms with E-state index in [0.29, 0.717) is 16.0 Å². The second-order valence-electron chi connectivity index (χ2n) is 5.16. The van der Waals surface area contributed by atoms with Gasteiger partial charge in [0.05, 0.1) is 17.6 Å². The van der Waals surface area contributed by atoms with Crippen molar-refractivity contribution < 1.29 is 5.11 Å². The Labute approximate surface area is 132 Å². The number of aromatic nitrogens is 2. The summed E-state index contributed by atoms with van der Waals surface area (Å²) in [6.45, 7) is 1.91. The second-order valence-corrected chi connectivity index (χ2v) is 5.56. The molecule has 1 unspecified atom stereocenters. The van der Waals surface area contributed by atoms with Crippen LogP contribution in [0, 0.1) is 6.92 Å². The van der Waals surface area contributed by atoms with E-state index in [1.54, 1.807) is 30.3 Å². The number of nitrogens with zero attached hydrogens (tertiary/aromatic N) is 2. The lowest BCUT2D eigenvalue weighted by atomic mass is 10.1. The first kappa shape index (κ1) is 14.8. The van der Waals surface area contributed by atoms with Gasteiger partial charge in [0, 0.05) is 16.0 Å². The zero-order valence-electron chi connectivity index (χ0n) is 12.0. The van der Waals surface area contributed by atoms with Crippen LogP contribution in [0.1, 0.15) is 17.4 Å². The zero-order chi connectivity index (χ0) is 15.7. The molecule has 2 aromatic carbocycles. The Hall–Kier alpha value is -2.17. The predicted molar refractivity (Wildman–Crippen MR) is 87.2 cm³/mol. The van der Waals surface area contributed by atoms with Crippen LogP contribution in [0.15, 0.2) is 53.3 Å². The molecule has 0 saturated heterocycles. The summed E-state index contributed by atoms with van der Waals surface area (Å²) < 4.78 is 1.30. The highest BCUT2D eigenvalue weighted by atomic mass is 35.5. The van der Waals surface area contributed by atoms with E-state index in [4.69, 9.17) is 11.6 Å². The maximum atomic E-state index is 12.5. The molecule has 3 rings (SSSR count). The van der Waals surface area contributed by atoms with Crippen LogP contribution >= 0.6 is 11.6 Å². The van der Waals surface area contributed by atoms with Crippen molar-refractivity contribution in [3.63, 3.8) is 0 Å². The molecule has 0 aliphatic heterocycles. The molecule has 1 aromatic heterocycles. The molecule has 0 radical (unpaired) electrons. The van der Waals surface area contributed by atoms with E-state index < -0.39 is 6.10 Å². The molecule has 0 saturated carbocycles. The predicted octanol–water partition coefficient (Wildman–Crippen LogP) is 3.09. The van der Waals surface area contributed by atoms with Crippen LogP contribution in [0.5, 0.6) is 0 Å². The fourth-order valence-corrected chi connectivity index (χ4v) is 2.80. The largest absolute Gasteiger partial charge is 0.386 e. The monoisotopic (exact) mass is 314 g/mol. The molecule has 0 bridgehead atoms. The van der Waals surface area contributed by atoms with Gasteiger partial charge in [0.1, 0.15) is 6.10 Å². The minimum absolute atomic E-state index is 0.0637. The summed E-state index contributed by atoms with van der Waals surface area (Å²) in [6, 6.07) is 14.4. The summed E-state index contributed by atoms with van der Waals surface area (Å²) in [4.78, 5) is 12.5. The standard InChI is InChI=1S/C17H15ClN2O2/c1-11-12-6-2-3-7-13(12)17(22)20(19-11)10-16(21)14-8-4-5-9-15(14)18/h2-9,16,21H,10H2,1H3. The van der Waals surface area contributed by atoms with Gasteiger partial charge < -0.3 is 5.11 Å². The van der Waals surface area contributed by atoms with Gasteiger partial charge in [-0.2, -0.15) is 5.10 Å². The average molecular weight is 315 g/mol. The van der Waals surface area contributed by atoms with Gasteiger partial charge in [-0.3, -0.25) is 4.79 Å². The van der Waals surface area contributed by atoms with Crippen LogP contribution in [-0.4, -0.2) is 14.9 Å². The van der Waals surface area contributed by atoms with E-state index in [1.807, 2.05) is 25.1 Å². The molecule has 22 heavy (non-hydrogen) atoms. The second kappa shape index (κ2) is 5.91. The topological polar surface area (TPSA) is 55.1 Å². The van der Waals surface area contributed by atoms with Crippen molar-refractivity contribution in [2.45, 2.75) is 19.6 Å². The van der Waals surface area contributed by atoms with Crippen LogP contribution in [0.4, 0.5) is 0 Å². The number of rotatable bonds is 3. The van der Waals surface area contributed by atoms with E-state index >= 15 is 0 Å². The van der Waals surface area contributed by atoms with Crippen molar-refractivity contribution in [3.8, 4) is 0 Å². The lowest BCUT2D eigenvalue weighted by molar-refractivity contribution is 0.149. The molecule has 1 heterocycles. The van der Waals surface area contributed by atoms with Gasteiger partial charge in [-0.25, -0.2) is 4.68 Å². The van der Waals surface area contributed by atoms with Crippen molar-refractivity contribution in [2.75, 3.05) is 0 Å². The Balaban J connectivity index is 2.03. The van der Waals surface area contributed by atoms with Crippen LogP contribution in [0.25, 0.3) is 10.8 Å². The Bertz CT molecular complexity index is 889. The summed E-state index contributed by atoms with van der Waals surface area (Å²) in [6.07, 6.45) is -0.889. The van der Waals surface area contributed by atoms with Gasteiger partial charge >= 0.3 is 0 Å². The Morgan fingerprint density at radius 2 is 1.77 bits per heavy atom. The summed E-state index contributed by atoms with van der Waals surface area (Å²) in [5, 5.41) is 16.6. The Kier molecular flexibility index (Phi) is 3.96. The molecule has 0 amide bonds. The van der Waals surface area contributed by atoms with Gasteiger partial charge in [0.15, 0.2) is 0 Å². The Morgan fingerprint density at radius 3 is 2.50 bits per heavy atom. The average Bonchev–Trinajstić information content (AvgIpc) is 2.52. The summed E-state index contributed by atoms with van der Waals surface area (Å²) in [5.74, 6) is 0.